The molecule has 2 nitrogen and oxygen atoms in total. The molecule has 1 heterocycles. The minimum Gasteiger partial charge on any atom is -0.353 e. The Bertz CT molecular complexity index is 85.3. The van der Waals surface area contributed by atoms with Crippen LogP contribution in [0.2, 0.25) is 0 Å². The molecule has 2 heteroatoms. The number of hydrogen-bond acceptors (Lipinski definition) is 2. The Hall–Kier alpha value is -0.0800. The molecule has 1 unspecified atom stereocenters. The third kappa shape index (κ3) is 2.67. The van der Waals surface area contributed by atoms with Gasteiger partial charge in [0.15, 0.2) is 6.29 Å². The first-order chi connectivity index (χ1) is 4.79. The minimum absolute atomic E-state index is 0.0405. The normalized spacial score (nSPS) is 27.3. The van der Waals surface area contributed by atoms with Crippen molar-refractivity contribution in [1.29, 1.82) is 0 Å². The molecule has 0 saturated carbocycles. The van der Waals surface area contributed by atoms with Crippen LogP contribution in [-0.4, -0.2) is 12.9 Å². The molecule has 1 atom stereocenters. The van der Waals surface area contributed by atoms with Gasteiger partial charge in [0, 0.05) is 6.61 Å². The molecule has 0 aliphatic carbocycles. The van der Waals surface area contributed by atoms with E-state index in [1.54, 1.807) is 0 Å². The molecule has 0 spiro atoms. The van der Waals surface area contributed by atoms with Crippen molar-refractivity contribution in [3.63, 3.8) is 0 Å². The summed E-state index contributed by atoms with van der Waals surface area (Å²) in [4.78, 5) is 0. The highest BCUT2D eigenvalue weighted by Gasteiger charge is 2.14. The molecule has 59 valence electrons. The van der Waals surface area contributed by atoms with Gasteiger partial charge in [-0.05, 0) is 33.1 Å². The Balaban J connectivity index is 2.13. The standard InChI is InChI=1S/C8H15O2/c1-7(2)10-8-5-3-4-6-9-8/h8H,3-6H2,1-2H3. The Morgan fingerprint density at radius 1 is 1.40 bits per heavy atom. The molecule has 1 aliphatic rings. The van der Waals surface area contributed by atoms with Gasteiger partial charge in [0.05, 0.1) is 6.10 Å². The van der Waals surface area contributed by atoms with Crippen LogP contribution >= 0.6 is 0 Å². The largest absolute Gasteiger partial charge is 0.353 e. The zero-order chi connectivity index (χ0) is 7.40. The number of hydrogen-bond donors (Lipinski definition) is 0. The van der Waals surface area contributed by atoms with E-state index >= 15 is 0 Å². The first kappa shape index (κ1) is 8.02. The Labute approximate surface area is 62.5 Å². The van der Waals surface area contributed by atoms with Crippen molar-refractivity contribution in [3.8, 4) is 0 Å². The van der Waals surface area contributed by atoms with Crippen LogP contribution in [0.15, 0.2) is 0 Å². The van der Waals surface area contributed by atoms with Gasteiger partial charge in [-0.25, -0.2) is 0 Å². The van der Waals surface area contributed by atoms with Crippen molar-refractivity contribution in [1.82, 2.24) is 0 Å². The van der Waals surface area contributed by atoms with Crippen LogP contribution in [0.3, 0.4) is 0 Å². The topological polar surface area (TPSA) is 18.5 Å². The fourth-order valence-electron chi connectivity index (χ4n) is 1.07. The molecule has 0 aromatic rings. The summed E-state index contributed by atoms with van der Waals surface area (Å²) in [5.74, 6) is 0. The maximum absolute atomic E-state index is 5.39. The highest BCUT2D eigenvalue weighted by molar-refractivity contribution is 4.64. The second kappa shape index (κ2) is 3.94. The van der Waals surface area contributed by atoms with Gasteiger partial charge in [-0.15, -0.1) is 0 Å². The summed E-state index contributed by atoms with van der Waals surface area (Å²) in [6.45, 7) is 4.77. The fourth-order valence-corrected chi connectivity index (χ4v) is 1.07. The number of rotatable bonds is 2. The summed E-state index contributed by atoms with van der Waals surface area (Å²) >= 11 is 0. The first-order valence-electron chi connectivity index (χ1n) is 3.87. The highest BCUT2D eigenvalue weighted by atomic mass is 16.7. The summed E-state index contributed by atoms with van der Waals surface area (Å²) in [6, 6.07) is 0. The van der Waals surface area contributed by atoms with E-state index in [1.165, 1.54) is 12.8 Å². The average Bonchev–Trinajstić information content (AvgIpc) is 1.88. The predicted molar refractivity (Wildman–Crippen MR) is 39.3 cm³/mol. The first-order valence-corrected chi connectivity index (χ1v) is 3.87. The second-order valence-corrected chi connectivity index (χ2v) is 2.82. The molecule has 0 amide bonds. The highest BCUT2D eigenvalue weighted by Crippen LogP contribution is 2.16. The van der Waals surface area contributed by atoms with Gasteiger partial charge in [0.25, 0.3) is 0 Å². The van der Waals surface area contributed by atoms with E-state index in [-0.39, 0.29) is 6.29 Å². The van der Waals surface area contributed by atoms with Crippen molar-refractivity contribution >= 4 is 0 Å². The van der Waals surface area contributed by atoms with Crippen LogP contribution in [0.4, 0.5) is 0 Å². The van der Waals surface area contributed by atoms with Crippen LogP contribution in [0.25, 0.3) is 0 Å². The van der Waals surface area contributed by atoms with Crippen molar-refractivity contribution in [3.05, 3.63) is 6.10 Å². The van der Waals surface area contributed by atoms with Gasteiger partial charge in [0.2, 0.25) is 0 Å². The van der Waals surface area contributed by atoms with E-state index in [0.717, 1.165) is 19.1 Å². The van der Waals surface area contributed by atoms with Crippen molar-refractivity contribution < 1.29 is 9.47 Å². The Kier molecular flexibility index (Phi) is 3.16. The quantitative estimate of drug-likeness (QED) is 0.589. The molecular formula is C8H15O2. The fraction of sp³-hybridized carbons (Fsp3) is 0.875. The van der Waals surface area contributed by atoms with Crippen LogP contribution in [0.1, 0.15) is 33.1 Å². The van der Waals surface area contributed by atoms with E-state index in [2.05, 4.69) is 0 Å². The summed E-state index contributed by atoms with van der Waals surface area (Å²) in [5.41, 5.74) is 0. The lowest BCUT2D eigenvalue weighted by molar-refractivity contribution is -0.154. The van der Waals surface area contributed by atoms with Crippen molar-refractivity contribution in [2.45, 2.75) is 39.4 Å². The van der Waals surface area contributed by atoms with E-state index in [4.69, 9.17) is 9.47 Å². The van der Waals surface area contributed by atoms with Gasteiger partial charge >= 0.3 is 0 Å². The zero-order valence-electron chi connectivity index (χ0n) is 6.72. The molecule has 0 aromatic heterocycles. The van der Waals surface area contributed by atoms with Gasteiger partial charge in [-0.2, -0.15) is 0 Å². The maximum Gasteiger partial charge on any atom is 0.158 e. The predicted octanol–water partition coefficient (Wildman–Crippen LogP) is 2.10. The molecular weight excluding hydrogens is 128 g/mol. The van der Waals surface area contributed by atoms with Gasteiger partial charge in [-0.1, -0.05) is 0 Å². The minimum atomic E-state index is 0.0405. The Morgan fingerprint density at radius 3 is 2.70 bits per heavy atom. The maximum atomic E-state index is 5.39. The molecule has 0 bridgehead atoms. The van der Waals surface area contributed by atoms with Crippen LogP contribution < -0.4 is 0 Å². The zero-order valence-corrected chi connectivity index (χ0v) is 6.72. The smallest absolute Gasteiger partial charge is 0.158 e. The summed E-state index contributed by atoms with van der Waals surface area (Å²) in [5, 5.41) is 0. The third-order valence-electron chi connectivity index (χ3n) is 1.51. The van der Waals surface area contributed by atoms with E-state index < -0.39 is 0 Å². The molecule has 1 rings (SSSR count). The van der Waals surface area contributed by atoms with Crippen LogP contribution in [-0.2, 0) is 9.47 Å². The SMILES string of the molecule is C[C](C)OC1CCCCO1. The molecule has 0 aromatic carbocycles. The molecule has 1 radical (unpaired) electrons. The van der Waals surface area contributed by atoms with Gasteiger partial charge in [0.1, 0.15) is 0 Å². The van der Waals surface area contributed by atoms with Crippen molar-refractivity contribution in [2.75, 3.05) is 6.61 Å². The third-order valence-corrected chi connectivity index (χ3v) is 1.51. The Morgan fingerprint density at radius 2 is 2.20 bits per heavy atom. The summed E-state index contributed by atoms with van der Waals surface area (Å²) < 4.78 is 10.7. The van der Waals surface area contributed by atoms with E-state index in [0.29, 0.717) is 0 Å². The van der Waals surface area contributed by atoms with Crippen molar-refractivity contribution in [2.24, 2.45) is 0 Å². The molecule has 1 saturated heterocycles. The second-order valence-electron chi connectivity index (χ2n) is 2.82. The summed E-state index contributed by atoms with van der Waals surface area (Å²) in [7, 11) is 0. The molecule has 1 aliphatic heterocycles. The molecule has 10 heavy (non-hydrogen) atoms. The van der Waals surface area contributed by atoms with Crippen LogP contribution in [0.5, 0.6) is 0 Å². The monoisotopic (exact) mass is 143 g/mol. The van der Waals surface area contributed by atoms with Crippen LogP contribution in [0, 0.1) is 6.10 Å². The van der Waals surface area contributed by atoms with E-state index in [1.807, 2.05) is 13.8 Å². The molecule has 0 N–H and O–H groups in total. The lowest BCUT2D eigenvalue weighted by atomic mass is 10.2. The van der Waals surface area contributed by atoms with E-state index in [9.17, 15) is 0 Å². The number of ether oxygens (including phenoxy) is 2. The molecule has 1 fully saturated rings. The van der Waals surface area contributed by atoms with Gasteiger partial charge < -0.3 is 9.47 Å². The lowest BCUT2D eigenvalue weighted by Gasteiger charge is -2.23. The average molecular weight is 143 g/mol. The van der Waals surface area contributed by atoms with Gasteiger partial charge in [-0.3, -0.25) is 0 Å². The summed E-state index contributed by atoms with van der Waals surface area (Å²) in [6.07, 6.45) is 4.50. The lowest BCUT2D eigenvalue weighted by Crippen LogP contribution is -2.22.